The number of aliphatic carboxylic acids is 1. The standard InChI is InChI=1S/C25H28ClN5O6/c1-27-21(32)13-37-20-10-16-7-14(9-19(36-3)22(16)30(2)23(20)33)8-18-17(26)11-28-25(29-18)31-6-4-5-15(12-31)24(34)35/h7,9-11,15H,4-6,8,12-13H2,1-3H3,(H,27,32)(H,34,35)/t15-/m0/s1. The summed E-state index contributed by atoms with van der Waals surface area (Å²) in [5, 5.41) is 12.9. The van der Waals surface area contributed by atoms with Crippen molar-refractivity contribution < 1.29 is 24.2 Å². The van der Waals surface area contributed by atoms with Gasteiger partial charge in [-0.15, -0.1) is 0 Å². The number of pyridine rings is 1. The summed E-state index contributed by atoms with van der Waals surface area (Å²) >= 11 is 6.44. The van der Waals surface area contributed by atoms with Crippen LogP contribution in [0, 0.1) is 5.92 Å². The number of carbonyl (C=O) groups excluding carboxylic acids is 1. The van der Waals surface area contributed by atoms with E-state index in [2.05, 4.69) is 15.3 Å². The second-order valence-corrected chi connectivity index (χ2v) is 9.24. The lowest BCUT2D eigenvalue weighted by molar-refractivity contribution is -0.142. The highest BCUT2D eigenvalue weighted by Crippen LogP contribution is 2.31. The number of carboxylic acid groups (broad SMARTS) is 1. The average molecular weight is 530 g/mol. The minimum absolute atomic E-state index is 0.0400. The van der Waals surface area contributed by atoms with Crippen molar-refractivity contribution in [2.45, 2.75) is 19.3 Å². The molecule has 1 fully saturated rings. The number of hydrogen-bond acceptors (Lipinski definition) is 8. The topological polar surface area (TPSA) is 136 Å². The molecule has 0 spiro atoms. The Morgan fingerprint density at radius 1 is 1.27 bits per heavy atom. The summed E-state index contributed by atoms with van der Waals surface area (Å²) in [5.41, 5.74) is 1.57. The van der Waals surface area contributed by atoms with E-state index in [0.717, 1.165) is 12.0 Å². The van der Waals surface area contributed by atoms with Crippen molar-refractivity contribution >= 4 is 40.3 Å². The molecule has 1 aliphatic heterocycles. The number of ether oxygens (including phenoxy) is 2. The molecule has 2 aromatic heterocycles. The SMILES string of the molecule is CNC(=O)COc1cc2cc(Cc3nc(N4CCC[C@H](C(=O)O)C4)ncc3Cl)cc(OC)c2n(C)c1=O. The zero-order valence-corrected chi connectivity index (χ0v) is 21.5. The summed E-state index contributed by atoms with van der Waals surface area (Å²) in [4.78, 5) is 46.7. The van der Waals surface area contributed by atoms with Gasteiger partial charge in [0.2, 0.25) is 5.95 Å². The summed E-state index contributed by atoms with van der Waals surface area (Å²) in [6, 6.07) is 5.27. The third-order valence-corrected chi connectivity index (χ3v) is 6.70. The van der Waals surface area contributed by atoms with Gasteiger partial charge in [0.25, 0.3) is 11.5 Å². The summed E-state index contributed by atoms with van der Waals surface area (Å²) < 4.78 is 12.5. The second-order valence-electron chi connectivity index (χ2n) is 8.84. The molecule has 1 saturated heterocycles. The van der Waals surface area contributed by atoms with E-state index in [-0.39, 0.29) is 18.3 Å². The predicted molar refractivity (Wildman–Crippen MR) is 138 cm³/mol. The van der Waals surface area contributed by atoms with Crippen molar-refractivity contribution in [2.75, 3.05) is 38.8 Å². The molecular formula is C25H28ClN5O6. The Hall–Kier alpha value is -3.86. The molecule has 0 radical (unpaired) electrons. The van der Waals surface area contributed by atoms with Crippen LogP contribution in [0.15, 0.2) is 29.2 Å². The average Bonchev–Trinajstić information content (AvgIpc) is 2.90. The van der Waals surface area contributed by atoms with Gasteiger partial charge in [0.15, 0.2) is 12.4 Å². The first-order valence-corrected chi connectivity index (χ1v) is 12.1. The van der Waals surface area contributed by atoms with Gasteiger partial charge >= 0.3 is 5.97 Å². The third kappa shape index (κ3) is 5.61. The Balaban J connectivity index is 1.68. The van der Waals surface area contributed by atoms with Gasteiger partial charge in [-0.1, -0.05) is 11.6 Å². The van der Waals surface area contributed by atoms with Crippen LogP contribution in [0.2, 0.25) is 5.02 Å². The number of benzene rings is 1. The highest BCUT2D eigenvalue weighted by atomic mass is 35.5. The van der Waals surface area contributed by atoms with Crippen molar-refractivity contribution in [3.05, 3.63) is 51.0 Å². The number of carboxylic acids is 1. The van der Waals surface area contributed by atoms with Crippen LogP contribution in [-0.4, -0.2) is 65.4 Å². The number of nitrogens with zero attached hydrogens (tertiary/aromatic N) is 4. The van der Waals surface area contributed by atoms with Gasteiger partial charge < -0.3 is 29.4 Å². The van der Waals surface area contributed by atoms with E-state index in [4.69, 9.17) is 21.1 Å². The second kappa shape index (κ2) is 11.0. The van der Waals surface area contributed by atoms with Crippen molar-refractivity contribution in [1.82, 2.24) is 19.9 Å². The van der Waals surface area contributed by atoms with E-state index in [0.29, 0.717) is 59.2 Å². The Kier molecular flexibility index (Phi) is 7.82. The number of fused-ring (bicyclic) bond motifs is 1. The minimum Gasteiger partial charge on any atom is -0.495 e. The zero-order chi connectivity index (χ0) is 26.7. The van der Waals surface area contributed by atoms with E-state index in [9.17, 15) is 19.5 Å². The van der Waals surface area contributed by atoms with E-state index in [1.54, 1.807) is 13.1 Å². The van der Waals surface area contributed by atoms with Gasteiger partial charge in [-0.25, -0.2) is 9.97 Å². The molecule has 2 N–H and O–H groups in total. The normalized spacial score (nSPS) is 15.5. The molecule has 3 aromatic rings. The number of hydrogen-bond donors (Lipinski definition) is 2. The van der Waals surface area contributed by atoms with Gasteiger partial charge in [-0.2, -0.15) is 0 Å². The number of amides is 1. The quantitative estimate of drug-likeness (QED) is 0.449. The van der Waals surface area contributed by atoms with Gasteiger partial charge in [-0.05, 0) is 36.6 Å². The maximum absolute atomic E-state index is 12.8. The fraction of sp³-hybridized carbons (Fsp3) is 0.400. The first-order chi connectivity index (χ1) is 17.7. The Morgan fingerprint density at radius 3 is 2.76 bits per heavy atom. The molecule has 1 amide bonds. The van der Waals surface area contributed by atoms with Crippen LogP contribution >= 0.6 is 11.6 Å². The van der Waals surface area contributed by atoms with Crippen LogP contribution in [0.1, 0.15) is 24.1 Å². The van der Waals surface area contributed by atoms with Gasteiger partial charge in [0.05, 0.1) is 35.5 Å². The van der Waals surface area contributed by atoms with Crippen LogP contribution in [0.3, 0.4) is 0 Å². The zero-order valence-electron chi connectivity index (χ0n) is 20.8. The summed E-state index contributed by atoms with van der Waals surface area (Å²) in [6.45, 7) is 0.723. The Morgan fingerprint density at radius 2 is 2.05 bits per heavy atom. The first kappa shape index (κ1) is 26.2. The molecule has 0 bridgehead atoms. The molecule has 1 atom stereocenters. The Labute approximate surface area is 218 Å². The van der Waals surface area contributed by atoms with Crippen molar-refractivity contribution in [2.24, 2.45) is 13.0 Å². The van der Waals surface area contributed by atoms with E-state index in [1.165, 1.54) is 24.9 Å². The van der Waals surface area contributed by atoms with Gasteiger partial charge in [0, 0.05) is 39.0 Å². The number of anilines is 1. The van der Waals surface area contributed by atoms with Crippen LogP contribution in [-0.2, 0) is 23.1 Å². The number of likely N-dealkylation sites (N-methyl/N-ethyl adjacent to an activating group) is 1. The largest absolute Gasteiger partial charge is 0.495 e. The van der Waals surface area contributed by atoms with Gasteiger partial charge in [0.1, 0.15) is 5.75 Å². The van der Waals surface area contributed by atoms with E-state index in [1.807, 2.05) is 17.0 Å². The molecule has 1 aliphatic rings. The number of nitrogens with one attached hydrogen (secondary N) is 1. The number of aromatic nitrogens is 3. The highest BCUT2D eigenvalue weighted by molar-refractivity contribution is 6.31. The first-order valence-electron chi connectivity index (χ1n) is 11.7. The van der Waals surface area contributed by atoms with E-state index >= 15 is 0 Å². The maximum Gasteiger partial charge on any atom is 0.308 e. The highest BCUT2D eigenvalue weighted by Gasteiger charge is 2.27. The van der Waals surface area contributed by atoms with Crippen LogP contribution in [0.25, 0.3) is 10.9 Å². The van der Waals surface area contributed by atoms with Crippen molar-refractivity contribution in [3.8, 4) is 11.5 Å². The number of aryl methyl sites for hydroxylation is 1. The minimum atomic E-state index is -0.824. The summed E-state index contributed by atoms with van der Waals surface area (Å²) in [5.74, 6) is -0.687. The molecule has 3 heterocycles. The smallest absolute Gasteiger partial charge is 0.308 e. The molecule has 0 aliphatic carbocycles. The molecular weight excluding hydrogens is 502 g/mol. The van der Waals surface area contributed by atoms with Crippen molar-refractivity contribution in [1.29, 1.82) is 0 Å². The third-order valence-electron chi connectivity index (χ3n) is 6.39. The lowest BCUT2D eigenvalue weighted by Gasteiger charge is -2.30. The van der Waals surface area contributed by atoms with Crippen LogP contribution in [0.4, 0.5) is 5.95 Å². The molecule has 0 unspecified atom stereocenters. The summed E-state index contributed by atoms with van der Waals surface area (Å²) in [6.07, 6.45) is 3.23. The monoisotopic (exact) mass is 529 g/mol. The number of piperidine rings is 1. The lowest BCUT2D eigenvalue weighted by atomic mass is 9.99. The maximum atomic E-state index is 12.8. The van der Waals surface area contributed by atoms with Crippen molar-refractivity contribution in [3.63, 3.8) is 0 Å². The molecule has 11 nitrogen and oxygen atoms in total. The molecule has 1 aromatic carbocycles. The molecule has 37 heavy (non-hydrogen) atoms. The molecule has 0 saturated carbocycles. The molecule has 196 valence electrons. The molecule has 4 rings (SSSR count). The number of methoxy groups -OCH3 is 1. The fourth-order valence-corrected chi connectivity index (χ4v) is 4.58. The number of halogens is 1. The molecule has 12 heteroatoms. The Bertz CT molecular complexity index is 1410. The predicted octanol–water partition coefficient (Wildman–Crippen LogP) is 2.01. The number of carbonyl (C=O) groups is 2. The number of rotatable bonds is 8. The van der Waals surface area contributed by atoms with Crippen LogP contribution in [0.5, 0.6) is 11.5 Å². The van der Waals surface area contributed by atoms with Crippen LogP contribution < -0.4 is 25.2 Å². The van der Waals surface area contributed by atoms with E-state index < -0.39 is 17.4 Å². The summed E-state index contributed by atoms with van der Waals surface area (Å²) in [7, 11) is 4.61. The fourth-order valence-electron chi connectivity index (χ4n) is 4.43. The van der Waals surface area contributed by atoms with Gasteiger partial charge in [-0.3, -0.25) is 14.4 Å². The lowest BCUT2D eigenvalue weighted by Crippen LogP contribution is -2.39.